The van der Waals surface area contributed by atoms with E-state index in [1.54, 1.807) is 0 Å². The van der Waals surface area contributed by atoms with Crippen LogP contribution in [0.2, 0.25) is 0 Å². The van der Waals surface area contributed by atoms with Crippen molar-refractivity contribution in [2.75, 3.05) is 13.2 Å². The van der Waals surface area contributed by atoms with Gasteiger partial charge in [0, 0.05) is 6.61 Å². The molecule has 0 amide bonds. The van der Waals surface area contributed by atoms with Crippen LogP contribution in [-0.2, 0) is 9.47 Å². The lowest BCUT2D eigenvalue weighted by Crippen LogP contribution is -2.23. The van der Waals surface area contributed by atoms with Crippen molar-refractivity contribution in [2.45, 2.75) is 38.1 Å². The lowest BCUT2D eigenvalue weighted by atomic mass is 10.1. The summed E-state index contributed by atoms with van der Waals surface area (Å²) in [4.78, 5) is 0. The zero-order chi connectivity index (χ0) is 9.73. The fraction of sp³-hybridized carbons (Fsp3) is 1.00. The first-order chi connectivity index (χ1) is 6.08. The van der Waals surface area contributed by atoms with Crippen molar-refractivity contribution < 1.29 is 22.6 Å². The third-order valence-electron chi connectivity index (χ3n) is 1.98. The average molecular weight is 198 g/mol. The van der Waals surface area contributed by atoms with Gasteiger partial charge in [0.15, 0.2) is 0 Å². The molecule has 0 aromatic rings. The van der Waals surface area contributed by atoms with E-state index in [1.165, 1.54) is 0 Å². The Morgan fingerprint density at radius 1 is 1.31 bits per heavy atom. The molecule has 0 aromatic heterocycles. The van der Waals surface area contributed by atoms with Gasteiger partial charge in [-0.25, -0.2) is 0 Å². The second-order valence-electron chi connectivity index (χ2n) is 3.07. The minimum Gasteiger partial charge on any atom is -0.378 e. The van der Waals surface area contributed by atoms with Crippen LogP contribution in [0.5, 0.6) is 0 Å². The summed E-state index contributed by atoms with van der Waals surface area (Å²) in [7, 11) is 0. The van der Waals surface area contributed by atoms with Crippen molar-refractivity contribution in [1.82, 2.24) is 0 Å². The summed E-state index contributed by atoms with van der Waals surface area (Å²) in [5.74, 6) is 0. The van der Waals surface area contributed by atoms with Gasteiger partial charge in [-0.1, -0.05) is 0 Å². The first-order valence-electron chi connectivity index (χ1n) is 4.40. The Labute approximate surface area is 75.0 Å². The molecule has 0 saturated carbocycles. The van der Waals surface area contributed by atoms with Crippen LogP contribution in [0.1, 0.15) is 25.7 Å². The highest BCUT2D eigenvalue weighted by Crippen LogP contribution is 2.19. The molecule has 1 aliphatic rings. The van der Waals surface area contributed by atoms with E-state index in [0.29, 0.717) is 13.0 Å². The number of rotatable bonds is 3. The van der Waals surface area contributed by atoms with Crippen LogP contribution in [0.25, 0.3) is 0 Å². The van der Waals surface area contributed by atoms with Crippen molar-refractivity contribution in [3.63, 3.8) is 0 Å². The van der Waals surface area contributed by atoms with E-state index in [9.17, 15) is 13.2 Å². The van der Waals surface area contributed by atoms with Crippen LogP contribution in [0.3, 0.4) is 0 Å². The molecule has 0 bridgehead atoms. The fourth-order valence-electron chi connectivity index (χ4n) is 1.34. The lowest BCUT2D eigenvalue weighted by Gasteiger charge is -2.22. The molecule has 1 rings (SSSR count). The zero-order valence-electron chi connectivity index (χ0n) is 7.27. The van der Waals surface area contributed by atoms with E-state index >= 15 is 0 Å². The van der Waals surface area contributed by atoms with E-state index < -0.39 is 6.36 Å². The molecular weight excluding hydrogens is 185 g/mol. The molecular formula is C8H13F3O2. The molecule has 0 radical (unpaired) electrons. The maximum absolute atomic E-state index is 11.5. The predicted molar refractivity (Wildman–Crippen MR) is 40.2 cm³/mol. The van der Waals surface area contributed by atoms with Gasteiger partial charge < -0.3 is 4.74 Å². The summed E-state index contributed by atoms with van der Waals surface area (Å²) in [6, 6.07) is 0. The smallest absolute Gasteiger partial charge is 0.378 e. The van der Waals surface area contributed by atoms with Gasteiger partial charge in [-0.15, -0.1) is 13.2 Å². The Bertz CT molecular complexity index is 141. The van der Waals surface area contributed by atoms with Crippen molar-refractivity contribution in [3.05, 3.63) is 0 Å². The molecule has 1 aliphatic heterocycles. The van der Waals surface area contributed by atoms with E-state index in [4.69, 9.17) is 4.74 Å². The van der Waals surface area contributed by atoms with Gasteiger partial charge in [0.2, 0.25) is 0 Å². The van der Waals surface area contributed by atoms with Crippen LogP contribution in [0.4, 0.5) is 13.2 Å². The highest BCUT2D eigenvalue weighted by Gasteiger charge is 2.29. The predicted octanol–water partition coefficient (Wildman–Crippen LogP) is 2.48. The highest BCUT2D eigenvalue weighted by atomic mass is 19.4. The number of alkyl halides is 3. The number of hydrogen-bond acceptors (Lipinski definition) is 2. The van der Waals surface area contributed by atoms with Gasteiger partial charge >= 0.3 is 6.36 Å². The molecule has 1 unspecified atom stereocenters. The molecule has 2 nitrogen and oxygen atoms in total. The summed E-state index contributed by atoms with van der Waals surface area (Å²) in [5, 5.41) is 0. The Hall–Kier alpha value is -0.290. The Kier molecular flexibility index (Phi) is 3.99. The molecule has 0 N–H and O–H groups in total. The monoisotopic (exact) mass is 198 g/mol. The molecule has 1 fully saturated rings. The second kappa shape index (κ2) is 4.81. The standard InChI is InChI=1S/C8H13F3O2/c9-8(10,11)13-6-4-7-3-1-2-5-12-7/h7H,1-6H2. The third kappa shape index (κ3) is 5.10. The van der Waals surface area contributed by atoms with Crippen LogP contribution in [0.15, 0.2) is 0 Å². The van der Waals surface area contributed by atoms with Gasteiger partial charge in [-0.05, 0) is 25.7 Å². The highest BCUT2D eigenvalue weighted by molar-refractivity contribution is 4.62. The molecule has 0 aliphatic carbocycles. The van der Waals surface area contributed by atoms with Crippen LogP contribution in [0, 0.1) is 0 Å². The quantitative estimate of drug-likeness (QED) is 0.693. The molecule has 5 heteroatoms. The van der Waals surface area contributed by atoms with Gasteiger partial charge in [-0.2, -0.15) is 0 Å². The second-order valence-corrected chi connectivity index (χ2v) is 3.07. The average Bonchev–Trinajstić information content (AvgIpc) is 2.04. The molecule has 13 heavy (non-hydrogen) atoms. The topological polar surface area (TPSA) is 18.5 Å². The Morgan fingerprint density at radius 3 is 2.62 bits per heavy atom. The fourth-order valence-corrected chi connectivity index (χ4v) is 1.34. The first kappa shape index (κ1) is 10.8. The van der Waals surface area contributed by atoms with Crippen molar-refractivity contribution >= 4 is 0 Å². The Morgan fingerprint density at radius 2 is 2.08 bits per heavy atom. The molecule has 78 valence electrons. The normalized spacial score (nSPS) is 24.7. The largest absolute Gasteiger partial charge is 0.522 e. The molecule has 0 spiro atoms. The SMILES string of the molecule is FC(F)(F)OCCC1CCCCO1. The molecule has 1 heterocycles. The maximum Gasteiger partial charge on any atom is 0.522 e. The van der Waals surface area contributed by atoms with Crippen LogP contribution < -0.4 is 0 Å². The van der Waals surface area contributed by atoms with Crippen LogP contribution in [-0.4, -0.2) is 25.7 Å². The maximum atomic E-state index is 11.5. The number of hydrogen-bond donors (Lipinski definition) is 0. The van der Waals surface area contributed by atoms with E-state index in [0.717, 1.165) is 19.3 Å². The van der Waals surface area contributed by atoms with E-state index in [2.05, 4.69) is 4.74 Å². The van der Waals surface area contributed by atoms with E-state index in [-0.39, 0.29) is 12.7 Å². The minimum atomic E-state index is -4.51. The molecule has 0 aromatic carbocycles. The summed E-state index contributed by atoms with van der Waals surface area (Å²) < 4.78 is 43.5. The first-order valence-corrected chi connectivity index (χ1v) is 4.40. The molecule has 1 atom stereocenters. The summed E-state index contributed by atoms with van der Waals surface area (Å²) >= 11 is 0. The van der Waals surface area contributed by atoms with Gasteiger partial charge in [0.05, 0.1) is 12.7 Å². The van der Waals surface area contributed by atoms with Crippen molar-refractivity contribution in [1.29, 1.82) is 0 Å². The summed E-state index contributed by atoms with van der Waals surface area (Å²) in [6.07, 6.45) is -1.32. The van der Waals surface area contributed by atoms with Gasteiger partial charge in [-0.3, -0.25) is 4.74 Å². The summed E-state index contributed by atoms with van der Waals surface area (Å²) in [6.45, 7) is 0.366. The number of ether oxygens (including phenoxy) is 2. The number of halogens is 3. The molecule has 1 saturated heterocycles. The van der Waals surface area contributed by atoms with Crippen molar-refractivity contribution in [2.24, 2.45) is 0 Å². The van der Waals surface area contributed by atoms with Crippen LogP contribution >= 0.6 is 0 Å². The van der Waals surface area contributed by atoms with Gasteiger partial charge in [0.1, 0.15) is 0 Å². The van der Waals surface area contributed by atoms with Gasteiger partial charge in [0.25, 0.3) is 0 Å². The third-order valence-corrected chi connectivity index (χ3v) is 1.98. The lowest BCUT2D eigenvalue weighted by molar-refractivity contribution is -0.326. The summed E-state index contributed by atoms with van der Waals surface area (Å²) in [5.41, 5.74) is 0. The minimum absolute atomic E-state index is 0.0453. The zero-order valence-corrected chi connectivity index (χ0v) is 7.27. The van der Waals surface area contributed by atoms with Crippen molar-refractivity contribution in [3.8, 4) is 0 Å². The van der Waals surface area contributed by atoms with E-state index in [1.807, 2.05) is 0 Å². The Balaban J connectivity index is 2.04.